The van der Waals surface area contributed by atoms with Gasteiger partial charge in [0.2, 0.25) is 11.9 Å². The van der Waals surface area contributed by atoms with Crippen LogP contribution in [0.3, 0.4) is 0 Å². The average molecular weight is 390 g/mol. The summed E-state index contributed by atoms with van der Waals surface area (Å²) in [6, 6.07) is 6.06. The standard InChI is InChI=1S/C19H27N5O2S/c1-5-24-18(23-8-10-26-11-9-23)21-22-19(24)27-15(4)17(25)20-16-12-13(2)6-7-14(16)3/h6-7,12,15H,5,8-11H2,1-4H3,(H,20,25)/t15-/m0/s1. The van der Waals surface area contributed by atoms with Crippen molar-refractivity contribution >= 4 is 29.3 Å². The Labute approximate surface area is 164 Å². The van der Waals surface area contributed by atoms with Gasteiger partial charge < -0.3 is 15.0 Å². The zero-order chi connectivity index (χ0) is 19.4. The number of morpholine rings is 1. The number of nitrogens with zero attached hydrogens (tertiary/aromatic N) is 4. The van der Waals surface area contributed by atoms with E-state index in [2.05, 4.69) is 31.9 Å². The van der Waals surface area contributed by atoms with Gasteiger partial charge in [-0.15, -0.1) is 10.2 Å². The minimum Gasteiger partial charge on any atom is -0.378 e. The molecule has 1 aromatic carbocycles. The molecule has 0 bridgehead atoms. The molecule has 146 valence electrons. The minimum absolute atomic E-state index is 0.0349. The molecule has 0 spiro atoms. The van der Waals surface area contributed by atoms with Gasteiger partial charge in [-0.2, -0.15) is 0 Å². The lowest BCUT2D eigenvalue weighted by molar-refractivity contribution is -0.115. The number of aromatic nitrogens is 3. The second kappa shape index (κ2) is 8.75. The third-order valence-corrected chi connectivity index (χ3v) is 5.69. The molecule has 3 rings (SSSR count). The van der Waals surface area contributed by atoms with Gasteiger partial charge in [0.25, 0.3) is 0 Å². The number of hydrogen-bond acceptors (Lipinski definition) is 6. The summed E-state index contributed by atoms with van der Waals surface area (Å²) in [4.78, 5) is 14.9. The van der Waals surface area contributed by atoms with Crippen molar-refractivity contribution in [2.45, 2.75) is 44.6 Å². The third kappa shape index (κ3) is 4.62. The Morgan fingerprint density at radius 1 is 1.30 bits per heavy atom. The number of thioether (sulfide) groups is 1. The van der Waals surface area contributed by atoms with Crippen LogP contribution in [0.4, 0.5) is 11.6 Å². The van der Waals surface area contributed by atoms with Gasteiger partial charge in [-0.3, -0.25) is 9.36 Å². The molecule has 27 heavy (non-hydrogen) atoms. The normalized spacial score (nSPS) is 15.6. The van der Waals surface area contributed by atoms with Crippen molar-refractivity contribution in [1.29, 1.82) is 0 Å². The topological polar surface area (TPSA) is 72.3 Å². The molecule has 1 saturated heterocycles. The van der Waals surface area contributed by atoms with Crippen LogP contribution in [0.5, 0.6) is 0 Å². The maximum atomic E-state index is 12.7. The highest BCUT2D eigenvalue weighted by Gasteiger charge is 2.23. The quantitative estimate of drug-likeness (QED) is 0.766. The molecule has 0 radical (unpaired) electrons. The molecule has 1 N–H and O–H groups in total. The zero-order valence-corrected chi connectivity index (χ0v) is 17.2. The van der Waals surface area contributed by atoms with Gasteiger partial charge in [-0.1, -0.05) is 23.9 Å². The second-order valence-electron chi connectivity index (χ2n) is 6.69. The predicted molar refractivity (Wildman–Crippen MR) is 109 cm³/mol. The molecular formula is C19H27N5O2S. The molecule has 0 saturated carbocycles. The molecule has 1 aliphatic rings. The number of carbonyl (C=O) groups is 1. The molecule has 2 heterocycles. The van der Waals surface area contributed by atoms with Crippen molar-refractivity contribution in [2.75, 3.05) is 36.5 Å². The van der Waals surface area contributed by atoms with Crippen molar-refractivity contribution in [3.63, 3.8) is 0 Å². The summed E-state index contributed by atoms with van der Waals surface area (Å²) in [5.41, 5.74) is 3.04. The molecule has 7 nitrogen and oxygen atoms in total. The summed E-state index contributed by atoms with van der Waals surface area (Å²) in [5.74, 6) is 0.817. The summed E-state index contributed by atoms with van der Waals surface area (Å²) in [7, 11) is 0. The lowest BCUT2D eigenvalue weighted by Gasteiger charge is -2.27. The number of aryl methyl sites for hydroxylation is 2. The highest BCUT2D eigenvalue weighted by atomic mass is 32.2. The number of rotatable bonds is 6. The first-order chi connectivity index (χ1) is 13.0. The highest BCUT2D eigenvalue weighted by Crippen LogP contribution is 2.27. The molecule has 1 amide bonds. The van der Waals surface area contributed by atoms with Crippen molar-refractivity contribution in [1.82, 2.24) is 14.8 Å². The molecular weight excluding hydrogens is 362 g/mol. The second-order valence-corrected chi connectivity index (χ2v) is 8.00. The molecule has 1 fully saturated rings. The van der Waals surface area contributed by atoms with Crippen LogP contribution in [-0.2, 0) is 16.1 Å². The molecule has 0 unspecified atom stereocenters. The molecule has 8 heteroatoms. The Morgan fingerprint density at radius 2 is 2.04 bits per heavy atom. The number of ether oxygens (including phenoxy) is 1. The third-order valence-electron chi connectivity index (χ3n) is 4.61. The van der Waals surface area contributed by atoms with Crippen LogP contribution in [-0.4, -0.2) is 52.2 Å². The van der Waals surface area contributed by atoms with Gasteiger partial charge in [-0.25, -0.2) is 0 Å². The van der Waals surface area contributed by atoms with E-state index in [-0.39, 0.29) is 11.2 Å². The van der Waals surface area contributed by atoms with Crippen LogP contribution in [0.15, 0.2) is 23.4 Å². The number of anilines is 2. The lowest BCUT2D eigenvalue weighted by atomic mass is 10.1. The predicted octanol–water partition coefficient (Wildman–Crippen LogP) is 2.87. The highest BCUT2D eigenvalue weighted by molar-refractivity contribution is 8.00. The van der Waals surface area contributed by atoms with Gasteiger partial charge in [0, 0.05) is 25.3 Å². The fourth-order valence-corrected chi connectivity index (χ4v) is 3.87. The van der Waals surface area contributed by atoms with E-state index in [0.29, 0.717) is 13.2 Å². The number of benzene rings is 1. The number of nitrogens with one attached hydrogen (secondary N) is 1. The van der Waals surface area contributed by atoms with E-state index in [1.165, 1.54) is 11.8 Å². The summed E-state index contributed by atoms with van der Waals surface area (Å²) in [6.45, 7) is 11.8. The van der Waals surface area contributed by atoms with Crippen molar-refractivity contribution in [3.8, 4) is 0 Å². The lowest BCUT2D eigenvalue weighted by Crippen LogP contribution is -2.38. The molecule has 0 aliphatic carbocycles. The van der Waals surface area contributed by atoms with E-state index in [1.807, 2.05) is 39.0 Å². The Morgan fingerprint density at radius 3 is 2.74 bits per heavy atom. The maximum Gasteiger partial charge on any atom is 0.237 e. The van der Waals surface area contributed by atoms with Crippen molar-refractivity contribution in [3.05, 3.63) is 29.3 Å². The van der Waals surface area contributed by atoms with E-state index < -0.39 is 0 Å². The first-order valence-electron chi connectivity index (χ1n) is 9.30. The molecule has 1 aromatic heterocycles. The van der Waals surface area contributed by atoms with E-state index in [1.54, 1.807) is 0 Å². The fraction of sp³-hybridized carbons (Fsp3) is 0.526. The van der Waals surface area contributed by atoms with Crippen LogP contribution in [0, 0.1) is 13.8 Å². The molecule has 2 aromatic rings. The molecule has 1 aliphatic heterocycles. The first-order valence-corrected chi connectivity index (χ1v) is 10.2. The van der Waals surface area contributed by atoms with Gasteiger partial charge in [0.05, 0.1) is 18.5 Å². The Balaban J connectivity index is 1.69. The van der Waals surface area contributed by atoms with Gasteiger partial charge >= 0.3 is 0 Å². The van der Waals surface area contributed by atoms with E-state index >= 15 is 0 Å². The van der Waals surface area contributed by atoms with Gasteiger partial charge in [0.15, 0.2) is 5.16 Å². The van der Waals surface area contributed by atoms with Crippen LogP contribution < -0.4 is 10.2 Å². The van der Waals surface area contributed by atoms with E-state index in [9.17, 15) is 4.79 Å². The van der Waals surface area contributed by atoms with Crippen LogP contribution in [0.25, 0.3) is 0 Å². The summed E-state index contributed by atoms with van der Waals surface area (Å²) < 4.78 is 7.48. The summed E-state index contributed by atoms with van der Waals surface area (Å²) >= 11 is 1.44. The fourth-order valence-electron chi connectivity index (χ4n) is 2.96. The monoisotopic (exact) mass is 389 g/mol. The van der Waals surface area contributed by atoms with E-state index in [4.69, 9.17) is 4.74 Å². The zero-order valence-electron chi connectivity index (χ0n) is 16.4. The smallest absolute Gasteiger partial charge is 0.237 e. The Bertz CT molecular complexity index is 801. The maximum absolute atomic E-state index is 12.7. The summed E-state index contributed by atoms with van der Waals surface area (Å²) in [5, 5.41) is 12.2. The largest absolute Gasteiger partial charge is 0.378 e. The van der Waals surface area contributed by atoms with Crippen molar-refractivity contribution < 1.29 is 9.53 Å². The van der Waals surface area contributed by atoms with Gasteiger partial charge in [-0.05, 0) is 44.9 Å². The minimum atomic E-state index is -0.281. The van der Waals surface area contributed by atoms with E-state index in [0.717, 1.165) is 47.6 Å². The van der Waals surface area contributed by atoms with Crippen LogP contribution in [0.2, 0.25) is 0 Å². The number of hydrogen-bond donors (Lipinski definition) is 1. The number of amides is 1. The van der Waals surface area contributed by atoms with Crippen LogP contribution >= 0.6 is 11.8 Å². The summed E-state index contributed by atoms with van der Waals surface area (Å²) in [6.07, 6.45) is 0. The SMILES string of the molecule is CCn1c(S[C@@H](C)C(=O)Nc2cc(C)ccc2C)nnc1N1CCOCC1. The van der Waals surface area contributed by atoms with Crippen LogP contribution in [0.1, 0.15) is 25.0 Å². The first kappa shape index (κ1) is 19.7. The molecule has 1 atom stereocenters. The van der Waals surface area contributed by atoms with Gasteiger partial charge in [0.1, 0.15) is 0 Å². The number of carbonyl (C=O) groups excluding carboxylic acids is 1. The Kier molecular flexibility index (Phi) is 6.38. The Hall–Kier alpha value is -2.06. The van der Waals surface area contributed by atoms with Crippen molar-refractivity contribution in [2.24, 2.45) is 0 Å². The average Bonchev–Trinajstić information content (AvgIpc) is 3.07.